The van der Waals surface area contributed by atoms with Gasteiger partial charge in [-0.3, -0.25) is 9.10 Å². The van der Waals surface area contributed by atoms with Gasteiger partial charge in [0.2, 0.25) is 10.0 Å². The van der Waals surface area contributed by atoms with Crippen LogP contribution in [0.4, 0.5) is 5.69 Å². The second kappa shape index (κ2) is 8.46. The molecule has 26 heavy (non-hydrogen) atoms. The largest absolute Gasteiger partial charge is 0.271 e. The summed E-state index contributed by atoms with van der Waals surface area (Å²) in [7, 11) is -3.62. The summed E-state index contributed by atoms with van der Waals surface area (Å²) in [6.45, 7) is 3.40. The van der Waals surface area contributed by atoms with Gasteiger partial charge in [-0.25, -0.2) is 13.8 Å². The molecule has 138 valence electrons. The van der Waals surface area contributed by atoms with E-state index in [0.29, 0.717) is 11.4 Å². The van der Waals surface area contributed by atoms with Gasteiger partial charge in [-0.1, -0.05) is 51.8 Å². The molecule has 2 rings (SSSR count). The highest BCUT2D eigenvalue weighted by Crippen LogP contribution is 2.21. The Morgan fingerprint density at radius 3 is 2.42 bits per heavy atom. The summed E-state index contributed by atoms with van der Waals surface area (Å²) in [5.41, 5.74) is 5.45. The number of halogens is 1. The van der Waals surface area contributed by atoms with Crippen molar-refractivity contribution in [2.75, 3.05) is 17.1 Å². The molecule has 0 aliphatic carbocycles. The number of hydrogen-bond donors (Lipinski definition) is 1. The van der Waals surface area contributed by atoms with Gasteiger partial charge in [0.1, 0.15) is 6.54 Å². The monoisotopic (exact) mass is 437 g/mol. The molecule has 0 saturated heterocycles. The van der Waals surface area contributed by atoms with E-state index in [2.05, 4.69) is 26.5 Å². The van der Waals surface area contributed by atoms with Crippen LogP contribution in [0.5, 0.6) is 0 Å². The molecule has 6 nitrogen and oxygen atoms in total. The molecule has 0 saturated carbocycles. The number of amides is 1. The second-order valence-electron chi connectivity index (χ2n) is 5.85. The summed E-state index contributed by atoms with van der Waals surface area (Å²) in [5.74, 6) is -0.526. The van der Waals surface area contributed by atoms with Gasteiger partial charge in [-0.2, -0.15) is 5.10 Å². The highest BCUT2D eigenvalue weighted by atomic mass is 79.9. The number of sulfonamides is 1. The molecule has 1 amide bonds. The molecule has 0 spiro atoms. The maximum atomic E-state index is 12.2. The molecular weight excluding hydrogens is 418 g/mol. The third kappa shape index (κ3) is 5.67. The second-order valence-corrected chi connectivity index (χ2v) is 8.67. The Morgan fingerprint density at radius 2 is 1.85 bits per heavy atom. The maximum absolute atomic E-state index is 12.2. The molecule has 0 heterocycles. The van der Waals surface area contributed by atoms with Gasteiger partial charge in [0.25, 0.3) is 5.91 Å². The average Bonchev–Trinajstić information content (AvgIpc) is 2.57. The lowest BCUT2D eigenvalue weighted by Crippen LogP contribution is -2.39. The Morgan fingerprint density at radius 1 is 1.19 bits per heavy atom. The number of nitrogens with zero attached hydrogens (tertiary/aromatic N) is 2. The number of hydrazone groups is 1. The van der Waals surface area contributed by atoms with E-state index in [9.17, 15) is 13.2 Å². The minimum Gasteiger partial charge on any atom is -0.271 e. The molecule has 0 fully saturated rings. The van der Waals surface area contributed by atoms with Crippen LogP contribution in [0.25, 0.3) is 0 Å². The number of rotatable bonds is 6. The molecular formula is C18H20BrN3O3S. The average molecular weight is 438 g/mol. The summed E-state index contributed by atoms with van der Waals surface area (Å²) < 4.78 is 25.9. The summed E-state index contributed by atoms with van der Waals surface area (Å²) >= 11 is 3.30. The fourth-order valence-corrected chi connectivity index (χ4v) is 3.44. The van der Waals surface area contributed by atoms with Crippen molar-refractivity contribution in [2.45, 2.75) is 13.8 Å². The summed E-state index contributed by atoms with van der Waals surface area (Å²) in [4.78, 5) is 12.2. The SMILES string of the molecule is C/C(=N\NC(=O)CN(c1cccc(Br)c1)S(C)(=O)=O)c1ccc(C)cc1. The van der Waals surface area contributed by atoms with E-state index in [1.54, 1.807) is 31.2 Å². The van der Waals surface area contributed by atoms with E-state index in [-0.39, 0.29) is 6.54 Å². The van der Waals surface area contributed by atoms with Crippen molar-refractivity contribution < 1.29 is 13.2 Å². The number of carbonyl (C=O) groups is 1. The molecule has 0 aromatic heterocycles. The van der Waals surface area contributed by atoms with Crippen LogP contribution in [0, 0.1) is 6.92 Å². The third-order valence-electron chi connectivity index (χ3n) is 3.60. The molecule has 0 atom stereocenters. The molecule has 0 bridgehead atoms. The van der Waals surface area contributed by atoms with Crippen molar-refractivity contribution in [1.29, 1.82) is 0 Å². The number of benzene rings is 2. The van der Waals surface area contributed by atoms with Gasteiger partial charge in [0, 0.05) is 4.47 Å². The molecule has 0 aliphatic rings. The Bertz CT molecular complexity index is 925. The van der Waals surface area contributed by atoms with Crippen LogP contribution in [0.1, 0.15) is 18.1 Å². The molecule has 2 aromatic carbocycles. The smallest absolute Gasteiger partial charge is 0.260 e. The molecule has 0 aliphatic heterocycles. The minimum absolute atomic E-state index is 0.361. The first kappa shape index (κ1) is 20.1. The Kier molecular flexibility index (Phi) is 6.55. The lowest BCUT2D eigenvalue weighted by Gasteiger charge is -2.21. The Labute approximate surface area is 162 Å². The summed E-state index contributed by atoms with van der Waals surface area (Å²) in [5, 5.41) is 4.06. The van der Waals surface area contributed by atoms with Crippen molar-refractivity contribution in [1.82, 2.24) is 5.43 Å². The van der Waals surface area contributed by atoms with Crippen LogP contribution in [-0.4, -0.2) is 32.8 Å². The predicted octanol–water partition coefficient (Wildman–Crippen LogP) is 3.06. The van der Waals surface area contributed by atoms with Gasteiger partial charge in [0.05, 0.1) is 17.7 Å². The molecule has 0 unspecified atom stereocenters. The summed E-state index contributed by atoms with van der Waals surface area (Å²) in [6.07, 6.45) is 1.06. The summed E-state index contributed by atoms with van der Waals surface area (Å²) in [6, 6.07) is 14.5. The van der Waals surface area contributed by atoms with Gasteiger partial charge < -0.3 is 0 Å². The third-order valence-corrected chi connectivity index (χ3v) is 5.24. The molecule has 1 N–H and O–H groups in total. The number of nitrogens with one attached hydrogen (secondary N) is 1. The van der Waals surface area contributed by atoms with Gasteiger partial charge >= 0.3 is 0 Å². The fraction of sp³-hybridized carbons (Fsp3) is 0.222. The number of carbonyl (C=O) groups excluding carboxylic acids is 1. The van der Waals surface area contributed by atoms with Crippen LogP contribution in [-0.2, 0) is 14.8 Å². The lowest BCUT2D eigenvalue weighted by atomic mass is 10.1. The normalized spacial score (nSPS) is 11.9. The molecule has 8 heteroatoms. The molecule has 0 radical (unpaired) electrons. The topological polar surface area (TPSA) is 78.8 Å². The van der Waals surface area contributed by atoms with Gasteiger partial charge in [0.15, 0.2) is 0 Å². The quantitative estimate of drug-likeness (QED) is 0.556. The standard InChI is InChI=1S/C18H20BrN3O3S/c1-13-7-9-15(10-8-13)14(2)20-21-18(23)12-22(26(3,24)25)17-6-4-5-16(19)11-17/h4-11H,12H2,1-3H3,(H,21,23)/b20-14+. The van der Waals surface area contributed by atoms with Crippen molar-refractivity contribution in [2.24, 2.45) is 5.10 Å². The van der Waals surface area contributed by atoms with Crippen LogP contribution in [0.15, 0.2) is 58.1 Å². The Balaban J connectivity index is 2.12. The van der Waals surface area contributed by atoms with Crippen molar-refractivity contribution in [3.05, 3.63) is 64.1 Å². The lowest BCUT2D eigenvalue weighted by molar-refractivity contribution is -0.119. The van der Waals surface area contributed by atoms with E-state index < -0.39 is 15.9 Å². The van der Waals surface area contributed by atoms with Crippen molar-refractivity contribution >= 4 is 43.3 Å². The van der Waals surface area contributed by atoms with Crippen LogP contribution in [0.3, 0.4) is 0 Å². The first-order valence-corrected chi connectivity index (χ1v) is 10.4. The van der Waals surface area contributed by atoms with Crippen LogP contribution >= 0.6 is 15.9 Å². The number of hydrogen-bond acceptors (Lipinski definition) is 4. The van der Waals surface area contributed by atoms with E-state index >= 15 is 0 Å². The highest BCUT2D eigenvalue weighted by molar-refractivity contribution is 9.10. The van der Waals surface area contributed by atoms with E-state index in [1.807, 2.05) is 31.2 Å². The van der Waals surface area contributed by atoms with Crippen molar-refractivity contribution in [3.8, 4) is 0 Å². The van der Waals surface area contributed by atoms with Crippen molar-refractivity contribution in [3.63, 3.8) is 0 Å². The Hall–Kier alpha value is -2.19. The zero-order valence-electron chi connectivity index (χ0n) is 14.7. The highest BCUT2D eigenvalue weighted by Gasteiger charge is 2.20. The van der Waals surface area contributed by atoms with Gasteiger partial charge in [-0.15, -0.1) is 0 Å². The number of aryl methyl sites for hydroxylation is 1. The van der Waals surface area contributed by atoms with E-state index in [4.69, 9.17) is 0 Å². The van der Waals surface area contributed by atoms with Gasteiger partial charge in [-0.05, 0) is 37.6 Å². The zero-order valence-corrected chi connectivity index (χ0v) is 17.1. The zero-order chi connectivity index (χ0) is 19.3. The fourth-order valence-electron chi connectivity index (χ4n) is 2.20. The maximum Gasteiger partial charge on any atom is 0.260 e. The predicted molar refractivity (Wildman–Crippen MR) is 108 cm³/mol. The van der Waals surface area contributed by atoms with E-state index in [1.165, 1.54) is 0 Å². The first-order chi connectivity index (χ1) is 12.2. The van der Waals surface area contributed by atoms with E-state index in [0.717, 1.165) is 26.2 Å². The van der Waals surface area contributed by atoms with Crippen LogP contribution in [0.2, 0.25) is 0 Å². The first-order valence-electron chi connectivity index (χ1n) is 7.80. The number of anilines is 1. The molecule has 2 aromatic rings. The minimum atomic E-state index is -3.62. The van der Waals surface area contributed by atoms with Crippen LogP contribution < -0.4 is 9.73 Å².